The predicted molar refractivity (Wildman–Crippen MR) is 95.4 cm³/mol. The molecule has 2 aliphatic heterocycles. The van der Waals surface area contributed by atoms with Gasteiger partial charge < -0.3 is 9.84 Å². The molecule has 9 nitrogen and oxygen atoms in total. The number of amides is 3. The van der Waals surface area contributed by atoms with E-state index in [-0.39, 0.29) is 24.1 Å². The second-order valence-corrected chi connectivity index (χ2v) is 8.05. The second-order valence-electron chi connectivity index (χ2n) is 8.05. The van der Waals surface area contributed by atoms with Crippen molar-refractivity contribution in [1.29, 1.82) is 0 Å². The maximum atomic E-state index is 12.5. The van der Waals surface area contributed by atoms with Crippen LogP contribution in [-0.2, 0) is 14.4 Å². The average Bonchev–Trinajstić information content (AvgIpc) is 3.05. The highest BCUT2D eigenvalue weighted by molar-refractivity contribution is 6.20. The summed E-state index contributed by atoms with van der Waals surface area (Å²) in [6, 6.07) is 6.30. The number of fused-ring (bicyclic) bond motifs is 1. The topological polar surface area (TPSA) is 113 Å². The molecule has 150 valence electrons. The Morgan fingerprint density at radius 3 is 2.14 bits per heavy atom. The minimum atomic E-state index is -1.59. The molecule has 1 aromatic carbocycles. The molecule has 9 heteroatoms. The smallest absolute Gasteiger partial charge is 0.411 e. The summed E-state index contributed by atoms with van der Waals surface area (Å²) < 4.78 is 5.30. The lowest BCUT2D eigenvalue weighted by Crippen LogP contribution is -2.52. The Morgan fingerprint density at radius 1 is 1.14 bits per heavy atom. The van der Waals surface area contributed by atoms with Crippen LogP contribution in [0.2, 0.25) is 0 Å². The van der Waals surface area contributed by atoms with Gasteiger partial charge in [-0.2, -0.15) is 0 Å². The van der Waals surface area contributed by atoms with Crippen molar-refractivity contribution in [3.63, 3.8) is 0 Å². The van der Waals surface area contributed by atoms with Crippen LogP contribution in [0.4, 0.5) is 4.79 Å². The number of imide groups is 1. The molecular weight excluding hydrogens is 368 g/mol. The number of carboxylic acid groups (broad SMARTS) is 1. The first kappa shape index (κ1) is 19.8. The molecule has 1 aromatic rings. The van der Waals surface area contributed by atoms with Crippen LogP contribution in [0.15, 0.2) is 24.3 Å². The molecule has 2 aliphatic rings. The van der Waals surface area contributed by atoms with Gasteiger partial charge in [0.1, 0.15) is 17.2 Å². The van der Waals surface area contributed by atoms with E-state index in [9.17, 15) is 24.3 Å². The van der Waals surface area contributed by atoms with Crippen LogP contribution in [0.1, 0.15) is 54.8 Å². The van der Waals surface area contributed by atoms with Gasteiger partial charge in [0.25, 0.3) is 11.8 Å². The monoisotopic (exact) mass is 390 g/mol. The number of likely N-dealkylation sites (tertiary alicyclic amines) is 1. The maximum absolute atomic E-state index is 12.5. The van der Waals surface area contributed by atoms with Gasteiger partial charge in [-0.3, -0.25) is 19.3 Å². The van der Waals surface area contributed by atoms with Crippen LogP contribution in [0, 0.1) is 0 Å². The minimum Gasteiger partial charge on any atom is -0.480 e. The molecule has 3 amide bonds. The Balaban J connectivity index is 1.80. The average molecular weight is 390 g/mol. The zero-order chi connectivity index (χ0) is 20.9. The number of hydrogen-bond acceptors (Lipinski definition) is 6. The van der Waals surface area contributed by atoms with Gasteiger partial charge in [0, 0.05) is 6.42 Å². The number of nitrogens with zero attached hydrogens (tertiary/aromatic N) is 2. The third-order valence-electron chi connectivity index (χ3n) is 4.69. The van der Waals surface area contributed by atoms with Gasteiger partial charge in [0.05, 0.1) is 17.7 Å². The molecule has 0 aromatic heterocycles. The molecule has 0 saturated carbocycles. The third-order valence-corrected chi connectivity index (χ3v) is 4.69. The first-order valence-electron chi connectivity index (χ1n) is 8.82. The summed E-state index contributed by atoms with van der Waals surface area (Å²) in [5, 5.41) is 10.3. The molecule has 1 fully saturated rings. The molecule has 2 atom stereocenters. The quantitative estimate of drug-likeness (QED) is 0.786. The number of ether oxygens (including phenoxy) is 1. The zero-order valence-corrected chi connectivity index (χ0v) is 16.1. The van der Waals surface area contributed by atoms with E-state index in [1.165, 1.54) is 19.1 Å². The minimum absolute atomic E-state index is 0.102. The van der Waals surface area contributed by atoms with Crippen LogP contribution in [0.5, 0.6) is 0 Å². The van der Waals surface area contributed by atoms with Crippen molar-refractivity contribution < 1.29 is 33.9 Å². The summed E-state index contributed by atoms with van der Waals surface area (Å²) in [5.74, 6) is -2.46. The second kappa shape index (κ2) is 6.59. The summed E-state index contributed by atoms with van der Waals surface area (Å²) >= 11 is 0. The number of carbonyl (C=O) groups is 4. The Morgan fingerprint density at radius 2 is 1.68 bits per heavy atom. The highest BCUT2D eigenvalue weighted by Gasteiger charge is 2.53. The molecule has 2 heterocycles. The number of hydroxylamine groups is 2. The number of rotatable bonds is 3. The van der Waals surface area contributed by atoms with E-state index in [4.69, 9.17) is 9.57 Å². The van der Waals surface area contributed by atoms with Crippen LogP contribution < -0.4 is 0 Å². The summed E-state index contributed by atoms with van der Waals surface area (Å²) in [5.41, 5.74) is -1.96. The van der Waals surface area contributed by atoms with Gasteiger partial charge in [0.2, 0.25) is 0 Å². The Labute approximate surface area is 161 Å². The van der Waals surface area contributed by atoms with Crippen LogP contribution in [-0.4, -0.2) is 62.7 Å². The number of carboxylic acids is 1. The lowest BCUT2D eigenvalue weighted by Gasteiger charge is -2.32. The zero-order valence-electron chi connectivity index (χ0n) is 16.1. The fraction of sp³-hybridized carbons (Fsp3) is 0.474. The van der Waals surface area contributed by atoms with Crippen molar-refractivity contribution in [2.24, 2.45) is 0 Å². The first-order chi connectivity index (χ1) is 12.9. The van der Waals surface area contributed by atoms with Crippen molar-refractivity contribution in [2.75, 3.05) is 6.54 Å². The van der Waals surface area contributed by atoms with Crippen LogP contribution >= 0.6 is 0 Å². The SMILES string of the molecule is CC(C)(C)OC(=O)N1C[C@H](ON2C(=O)c3ccccc3C2=O)C[C@@]1(C)C(=O)O. The van der Waals surface area contributed by atoms with Crippen molar-refractivity contribution in [1.82, 2.24) is 9.96 Å². The van der Waals surface area contributed by atoms with Crippen molar-refractivity contribution in [3.05, 3.63) is 35.4 Å². The molecule has 0 aliphatic carbocycles. The van der Waals surface area contributed by atoms with Crippen LogP contribution in [0.3, 0.4) is 0 Å². The molecule has 28 heavy (non-hydrogen) atoms. The lowest BCUT2D eigenvalue weighted by atomic mass is 9.99. The Bertz CT molecular complexity index is 825. The Kier molecular flexibility index (Phi) is 4.66. The van der Waals surface area contributed by atoms with Crippen molar-refractivity contribution >= 4 is 23.9 Å². The molecule has 0 radical (unpaired) electrons. The van der Waals surface area contributed by atoms with E-state index in [0.29, 0.717) is 5.06 Å². The van der Waals surface area contributed by atoms with Crippen molar-refractivity contribution in [2.45, 2.75) is 51.4 Å². The van der Waals surface area contributed by atoms with Gasteiger partial charge in [-0.15, -0.1) is 5.06 Å². The summed E-state index contributed by atoms with van der Waals surface area (Å²) in [6.45, 7) is 6.26. The van der Waals surface area contributed by atoms with E-state index in [0.717, 1.165) is 4.90 Å². The number of carbonyl (C=O) groups excluding carboxylic acids is 3. The summed E-state index contributed by atoms with van der Waals surface area (Å²) in [6.07, 6.45) is -1.77. The molecule has 1 N–H and O–H groups in total. The highest BCUT2D eigenvalue weighted by atomic mass is 16.7. The summed E-state index contributed by atoms with van der Waals surface area (Å²) in [4.78, 5) is 55.9. The summed E-state index contributed by atoms with van der Waals surface area (Å²) in [7, 11) is 0. The first-order valence-corrected chi connectivity index (χ1v) is 8.82. The number of aliphatic carboxylic acids is 1. The molecule has 0 spiro atoms. The molecule has 1 saturated heterocycles. The van der Waals surface area contributed by atoms with Gasteiger partial charge >= 0.3 is 12.1 Å². The standard InChI is InChI=1S/C19H22N2O7/c1-18(2,3)27-17(26)20-10-11(9-19(20,4)16(24)25)28-21-14(22)12-7-5-6-8-13(12)15(21)23/h5-8,11H,9-10H2,1-4H3,(H,24,25)/t11-,19+/m1/s1. The van der Waals surface area contributed by atoms with Gasteiger partial charge in [-0.1, -0.05) is 12.1 Å². The molecule has 3 rings (SSSR count). The number of benzene rings is 1. The van der Waals surface area contributed by atoms with Crippen LogP contribution in [0.25, 0.3) is 0 Å². The molecular formula is C19H22N2O7. The molecule has 0 unspecified atom stereocenters. The van der Waals surface area contributed by atoms with Gasteiger partial charge in [-0.05, 0) is 39.8 Å². The lowest BCUT2D eigenvalue weighted by molar-refractivity contribution is -0.149. The highest BCUT2D eigenvalue weighted by Crippen LogP contribution is 2.34. The molecule has 0 bridgehead atoms. The third kappa shape index (κ3) is 3.33. The normalized spacial score (nSPS) is 24.5. The largest absolute Gasteiger partial charge is 0.480 e. The number of hydrogen-bond donors (Lipinski definition) is 1. The van der Waals surface area contributed by atoms with Crippen molar-refractivity contribution in [3.8, 4) is 0 Å². The van der Waals surface area contributed by atoms with Gasteiger partial charge in [0.15, 0.2) is 0 Å². The van der Waals surface area contributed by atoms with Gasteiger partial charge in [-0.25, -0.2) is 9.59 Å². The fourth-order valence-corrected chi connectivity index (χ4v) is 3.30. The fourth-order valence-electron chi connectivity index (χ4n) is 3.30. The van der Waals surface area contributed by atoms with E-state index < -0.39 is 41.1 Å². The van der Waals surface area contributed by atoms with E-state index in [1.807, 2.05) is 0 Å². The predicted octanol–water partition coefficient (Wildman–Crippen LogP) is 2.07. The maximum Gasteiger partial charge on any atom is 0.411 e. The Hall–Kier alpha value is -2.94. The van der Waals surface area contributed by atoms with E-state index in [1.54, 1.807) is 32.9 Å². The van der Waals surface area contributed by atoms with E-state index >= 15 is 0 Å². The van der Waals surface area contributed by atoms with E-state index in [2.05, 4.69) is 0 Å².